The van der Waals surface area contributed by atoms with Gasteiger partial charge in [-0.3, -0.25) is 4.79 Å². The first-order valence-corrected chi connectivity index (χ1v) is 7.81. The van der Waals surface area contributed by atoms with E-state index in [1.807, 2.05) is 19.1 Å². The van der Waals surface area contributed by atoms with Crippen LogP contribution in [-0.4, -0.2) is 22.0 Å². The molecule has 0 spiro atoms. The Balaban J connectivity index is 2.25. The van der Waals surface area contributed by atoms with Gasteiger partial charge < -0.3 is 10.4 Å². The minimum Gasteiger partial charge on any atom is -0.476 e. The largest absolute Gasteiger partial charge is 0.476 e. The number of carboxylic acid groups (broad SMARTS) is 1. The van der Waals surface area contributed by atoms with Crippen LogP contribution in [0.25, 0.3) is 0 Å². The Morgan fingerprint density at radius 2 is 1.90 bits per heavy atom. The third-order valence-electron chi connectivity index (χ3n) is 2.34. The number of carboxylic acids is 1. The van der Waals surface area contributed by atoms with E-state index in [9.17, 15) is 9.59 Å². The van der Waals surface area contributed by atoms with E-state index in [1.54, 1.807) is 0 Å². The maximum absolute atomic E-state index is 12.0. The summed E-state index contributed by atoms with van der Waals surface area (Å²) in [7, 11) is 0. The van der Waals surface area contributed by atoms with Gasteiger partial charge in [0, 0.05) is 14.3 Å². The Morgan fingerprint density at radius 1 is 1.30 bits per heavy atom. The molecule has 1 aromatic heterocycles. The van der Waals surface area contributed by atoms with Gasteiger partial charge in [-0.15, -0.1) is 11.3 Å². The van der Waals surface area contributed by atoms with E-state index in [0.29, 0.717) is 5.69 Å². The number of aryl methyl sites for hydroxylation is 1. The van der Waals surface area contributed by atoms with Crippen LogP contribution in [0.1, 0.15) is 25.9 Å². The van der Waals surface area contributed by atoms with Crippen molar-refractivity contribution in [3.63, 3.8) is 0 Å². The number of aromatic nitrogens is 1. The van der Waals surface area contributed by atoms with Crippen LogP contribution in [0.5, 0.6) is 0 Å². The van der Waals surface area contributed by atoms with Crippen molar-refractivity contribution in [2.45, 2.75) is 6.92 Å². The van der Waals surface area contributed by atoms with Crippen LogP contribution in [-0.2, 0) is 0 Å². The van der Waals surface area contributed by atoms with Gasteiger partial charge in [0.2, 0.25) is 0 Å². The van der Waals surface area contributed by atoms with Crippen molar-refractivity contribution in [3.8, 4) is 0 Å². The van der Waals surface area contributed by atoms with Crippen LogP contribution in [0, 0.1) is 6.92 Å². The molecule has 2 aromatic rings. The molecule has 5 nitrogen and oxygen atoms in total. The Labute approximate surface area is 135 Å². The van der Waals surface area contributed by atoms with Gasteiger partial charge in [0.1, 0.15) is 0 Å². The van der Waals surface area contributed by atoms with Crippen molar-refractivity contribution in [2.75, 3.05) is 5.32 Å². The lowest BCUT2D eigenvalue weighted by Gasteiger charge is -2.09. The predicted octanol–water partition coefficient (Wildman–Crippen LogP) is 3.93. The standard InChI is InChI=1S/C12H8Br2N2O3S/c1-5-2-6(13)9(7(14)3-5)16-10(17)11-15-8(4-20-11)12(18)19/h2-4H,1H3,(H,16,17)(H,18,19). The molecule has 0 bridgehead atoms. The summed E-state index contributed by atoms with van der Waals surface area (Å²) in [4.78, 5) is 26.5. The van der Waals surface area contributed by atoms with E-state index in [4.69, 9.17) is 5.11 Å². The summed E-state index contributed by atoms with van der Waals surface area (Å²) in [6.07, 6.45) is 0. The van der Waals surface area contributed by atoms with Gasteiger partial charge in [0.15, 0.2) is 10.7 Å². The molecule has 0 saturated heterocycles. The van der Waals surface area contributed by atoms with Crippen molar-refractivity contribution in [1.82, 2.24) is 4.98 Å². The van der Waals surface area contributed by atoms with Gasteiger partial charge in [-0.05, 0) is 56.5 Å². The number of aromatic carboxylic acids is 1. The second-order valence-electron chi connectivity index (χ2n) is 3.90. The van der Waals surface area contributed by atoms with E-state index in [0.717, 1.165) is 25.8 Å². The van der Waals surface area contributed by atoms with Gasteiger partial charge >= 0.3 is 5.97 Å². The Morgan fingerprint density at radius 3 is 2.40 bits per heavy atom. The summed E-state index contributed by atoms with van der Waals surface area (Å²) in [6.45, 7) is 1.93. The first-order chi connectivity index (χ1) is 9.38. The number of anilines is 1. The van der Waals surface area contributed by atoms with Gasteiger partial charge in [0.05, 0.1) is 5.69 Å². The van der Waals surface area contributed by atoms with Crippen molar-refractivity contribution in [1.29, 1.82) is 0 Å². The van der Waals surface area contributed by atoms with Crippen molar-refractivity contribution in [3.05, 3.63) is 42.7 Å². The Hall–Kier alpha value is -1.25. The summed E-state index contributed by atoms with van der Waals surface area (Å²) >= 11 is 7.73. The molecule has 0 atom stereocenters. The number of amides is 1. The molecule has 0 unspecified atom stereocenters. The van der Waals surface area contributed by atoms with Crippen LogP contribution < -0.4 is 5.32 Å². The molecule has 0 aliphatic carbocycles. The number of carbonyl (C=O) groups is 2. The average molecular weight is 420 g/mol. The molecule has 20 heavy (non-hydrogen) atoms. The fourth-order valence-electron chi connectivity index (χ4n) is 1.46. The lowest BCUT2D eigenvalue weighted by Crippen LogP contribution is -2.13. The second-order valence-corrected chi connectivity index (χ2v) is 6.47. The maximum Gasteiger partial charge on any atom is 0.355 e. The number of hydrogen-bond donors (Lipinski definition) is 2. The smallest absolute Gasteiger partial charge is 0.355 e. The van der Waals surface area contributed by atoms with E-state index in [-0.39, 0.29) is 10.7 Å². The predicted molar refractivity (Wildman–Crippen MR) is 83.6 cm³/mol. The number of hydrogen-bond acceptors (Lipinski definition) is 4. The lowest BCUT2D eigenvalue weighted by atomic mass is 10.2. The van der Waals surface area contributed by atoms with E-state index in [2.05, 4.69) is 42.2 Å². The summed E-state index contributed by atoms with van der Waals surface area (Å²) in [5, 5.41) is 12.9. The number of benzene rings is 1. The molecule has 104 valence electrons. The molecule has 0 aliphatic heterocycles. The molecule has 8 heteroatoms. The van der Waals surface area contributed by atoms with Gasteiger partial charge in [-0.2, -0.15) is 0 Å². The quantitative estimate of drug-likeness (QED) is 0.789. The highest BCUT2D eigenvalue weighted by molar-refractivity contribution is 9.11. The van der Waals surface area contributed by atoms with Gasteiger partial charge in [0.25, 0.3) is 5.91 Å². The molecular formula is C12H8Br2N2O3S. The number of nitrogens with one attached hydrogen (secondary N) is 1. The molecule has 1 heterocycles. The van der Waals surface area contributed by atoms with Crippen LogP contribution in [0.4, 0.5) is 5.69 Å². The molecule has 1 amide bonds. The van der Waals surface area contributed by atoms with Gasteiger partial charge in [-0.25, -0.2) is 9.78 Å². The first kappa shape index (κ1) is 15.1. The summed E-state index contributed by atoms with van der Waals surface area (Å²) in [5.74, 6) is -1.61. The molecule has 2 N–H and O–H groups in total. The zero-order valence-corrected chi connectivity index (χ0v) is 14.1. The normalized spacial score (nSPS) is 10.3. The first-order valence-electron chi connectivity index (χ1n) is 5.34. The van der Waals surface area contributed by atoms with Crippen LogP contribution in [0.2, 0.25) is 0 Å². The summed E-state index contributed by atoms with van der Waals surface area (Å²) < 4.78 is 1.46. The zero-order chi connectivity index (χ0) is 14.9. The SMILES string of the molecule is Cc1cc(Br)c(NC(=O)c2nc(C(=O)O)cs2)c(Br)c1. The minimum absolute atomic E-state index is 0.0989. The number of halogens is 2. The summed E-state index contributed by atoms with van der Waals surface area (Å²) in [5.41, 5.74) is 1.47. The van der Waals surface area contributed by atoms with E-state index in [1.165, 1.54) is 5.38 Å². The molecule has 0 aliphatic rings. The molecule has 0 fully saturated rings. The third-order valence-corrected chi connectivity index (χ3v) is 4.43. The second kappa shape index (κ2) is 6.02. The topological polar surface area (TPSA) is 79.3 Å². The van der Waals surface area contributed by atoms with Crippen LogP contribution in [0.15, 0.2) is 26.5 Å². The molecular weight excluding hydrogens is 412 g/mol. The zero-order valence-electron chi connectivity index (χ0n) is 10.1. The van der Waals surface area contributed by atoms with Crippen LogP contribution in [0.3, 0.4) is 0 Å². The van der Waals surface area contributed by atoms with Crippen molar-refractivity contribution >= 4 is 60.8 Å². The van der Waals surface area contributed by atoms with Gasteiger partial charge in [-0.1, -0.05) is 0 Å². The highest BCUT2D eigenvalue weighted by Crippen LogP contribution is 2.32. The maximum atomic E-state index is 12.0. The molecule has 1 aromatic carbocycles. The monoisotopic (exact) mass is 418 g/mol. The molecule has 0 saturated carbocycles. The fourth-order valence-corrected chi connectivity index (χ4v) is 3.76. The van der Waals surface area contributed by atoms with E-state index >= 15 is 0 Å². The summed E-state index contributed by atoms with van der Waals surface area (Å²) in [6, 6.07) is 3.73. The van der Waals surface area contributed by atoms with Crippen molar-refractivity contribution in [2.24, 2.45) is 0 Å². The molecule has 0 radical (unpaired) electrons. The molecule has 2 rings (SSSR count). The Kier molecular flexibility index (Phi) is 4.56. The fraction of sp³-hybridized carbons (Fsp3) is 0.0833. The Bertz CT molecular complexity index is 677. The highest BCUT2D eigenvalue weighted by atomic mass is 79.9. The average Bonchev–Trinajstić information content (AvgIpc) is 2.83. The van der Waals surface area contributed by atoms with E-state index < -0.39 is 11.9 Å². The highest BCUT2D eigenvalue weighted by Gasteiger charge is 2.17. The third kappa shape index (κ3) is 3.25. The van der Waals surface area contributed by atoms with Crippen LogP contribution >= 0.6 is 43.2 Å². The number of rotatable bonds is 3. The number of carbonyl (C=O) groups excluding carboxylic acids is 1. The number of thiazole rings is 1. The minimum atomic E-state index is -1.15. The number of nitrogens with zero attached hydrogens (tertiary/aromatic N) is 1. The lowest BCUT2D eigenvalue weighted by molar-refractivity contribution is 0.0691. The van der Waals surface area contributed by atoms with Crippen molar-refractivity contribution < 1.29 is 14.7 Å².